The number of aromatic nitrogens is 1. The first-order valence-corrected chi connectivity index (χ1v) is 5.21. The van der Waals surface area contributed by atoms with Crippen molar-refractivity contribution in [1.82, 2.24) is 10.5 Å². The molecular weight excluding hydrogens is 216 g/mol. The van der Waals surface area contributed by atoms with Crippen LogP contribution in [0.5, 0.6) is 0 Å². The van der Waals surface area contributed by atoms with Crippen LogP contribution in [0.25, 0.3) is 11.3 Å². The Morgan fingerprint density at radius 3 is 2.88 bits per heavy atom. The quantitative estimate of drug-likeness (QED) is 0.816. The molecule has 0 aliphatic carbocycles. The van der Waals surface area contributed by atoms with Crippen LogP contribution in [0.3, 0.4) is 0 Å². The summed E-state index contributed by atoms with van der Waals surface area (Å²) in [6, 6.07) is 11.5. The standard InChI is InChI=1S/C13H12N2O2/c1-2-13(16)14-9-11-8-12(17-15-11)10-6-4-3-5-7-10/h2-8H,1,9H2,(H,14,16). The molecule has 1 N–H and O–H groups in total. The van der Waals surface area contributed by atoms with Crippen LogP contribution >= 0.6 is 0 Å². The molecule has 0 unspecified atom stereocenters. The van der Waals surface area contributed by atoms with E-state index in [4.69, 9.17) is 4.52 Å². The van der Waals surface area contributed by atoms with E-state index in [-0.39, 0.29) is 5.91 Å². The molecule has 0 aliphatic rings. The Balaban J connectivity index is 2.06. The molecule has 0 radical (unpaired) electrons. The highest BCUT2D eigenvalue weighted by Crippen LogP contribution is 2.19. The number of hydrogen-bond donors (Lipinski definition) is 1. The molecule has 0 saturated carbocycles. The maximum atomic E-state index is 11.0. The molecule has 2 rings (SSSR count). The topological polar surface area (TPSA) is 55.1 Å². The Morgan fingerprint density at radius 1 is 1.41 bits per heavy atom. The van der Waals surface area contributed by atoms with Gasteiger partial charge in [-0.1, -0.05) is 42.1 Å². The number of amides is 1. The lowest BCUT2D eigenvalue weighted by Gasteiger charge is -1.95. The SMILES string of the molecule is C=CC(=O)NCc1cc(-c2ccccc2)on1. The van der Waals surface area contributed by atoms with Crippen molar-refractivity contribution in [3.8, 4) is 11.3 Å². The molecule has 1 aromatic heterocycles. The number of carbonyl (C=O) groups excluding carboxylic acids is 1. The Morgan fingerprint density at radius 2 is 2.18 bits per heavy atom. The second-order valence-electron chi connectivity index (χ2n) is 3.47. The first-order valence-electron chi connectivity index (χ1n) is 5.21. The minimum Gasteiger partial charge on any atom is -0.356 e. The molecule has 86 valence electrons. The van der Waals surface area contributed by atoms with Gasteiger partial charge in [-0.05, 0) is 6.08 Å². The van der Waals surface area contributed by atoms with Crippen molar-refractivity contribution < 1.29 is 9.32 Å². The molecule has 0 aliphatic heterocycles. The van der Waals surface area contributed by atoms with Gasteiger partial charge in [-0.3, -0.25) is 4.79 Å². The highest BCUT2D eigenvalue weighted by Gasteiger charge is 2.06. The fraction of sp³-hybridized carbons (Fsp3) is 0.0769. The fourth-order valence-corrected chi connectivity index (χ4v) is 1.38. The van der Waals surface area contributed by atoms with E-state index in [0.717, 1.165) is 5.56 Å². The lowest BCUT2D eigenvalue weighted by molar-refractivity contribution is -0.116. The van der Waals surface area contributed by atoms with Crippen LogP contribution < -0.4 is 5.32 Å². The number of hydrogen-bond acceptors (Lipinski definition) is 3. The minimum atomic E-state index is -0.228. The van der Waals surface area contributed by atoms with Gasteiger partial charge < -0.3 is 9.84 Å². The monoisotopic (exact) mass is 228 g/mol. The molecule has 0 bridgehead atoms. The van der Waals surface area contributed by atoms with Gasteiger partial charge in [0.1, 0.15) is 5.69 Å². The molecule has 0 fully saturated rings. The molecule has 0 atom stereocenters. The van der Waals surface area contributed by atoms with Crippen molar-refractivity contribution in [2.24, 2.45) is 0 Å². The van der Waals surface area contributed by atoms with E-state index >= 15 is 0 Å². The molecule has 17 heavy (non-hydrogen) atoms. The first-order chi connectivity index (χ1) is 8.29. The van der Waals surface area contributed by atoms with E-state index in [9.17, 15) is 4.79 Å². The Bertz CT molecular complexity index is 517. The van der Waals surface area contributed by atoms with E-state index in [0.29, 0.717) is 18.0 Å². The van der Waals surface area contributed by atoms with E-state index in [1.165, 1.54) is 6.08 Å². The van der Waals surface area contributed by atoms with Crippen molar-refractivity contribution in [2.45, 2.75) is 6.54 Å². The van der Waals surface area contributed by atoms with Crippen LogP contribution in [0.15, 0.2) is 53.6 Å². The van der Waals surface area contributed by atoms with Crippen LogP contribution in [-0.2, 0) is 11.3 Å². The number of nitrogens with zero attached hydrogens (tertiary/aromatic N) is 1. The first kappa shape index (κ1) is 11.1. The predicted octanol–water partition coefficient (Wildman–Crippen LogP) is 2.14. The summed E-state index contributed by atoms with van der Waals surface area (Å²) in [4.78, 5) is 11.0. The lowest BCUT2D eigenvalue weighted by Crippen LogP contribution is -2.19. The second-order valence-corrected chi connectivity index (χ2v) is 3.47. The third-order valence-electron chi connectivity index (χ3n) is 2.25. The summed E-state index contributed by atoms with van der Waals surface area (Å²) in [6.07, 6.45) is 1.22. The highest BCUT2D eigenvalue weighted by molar-refractivity contribution is 5.86. The number of carbonyl (C=O) groups is 1. The fourth-order valence-electron chi connectivity index (χ4n) is 1.38. The molecule has 0 saturated heterocycles. The molecule has 1 amide bonds. The molecule has 4 heteroatoms. The number of benzene rings is 1. The van der Waals surface area contributed by atoms with Crippen LogP contribution in [0.1, 0.15) is 5.69 Å². The molecule has 2 aromatic rings. The van der Waals surface area contributed by atoms with Gasteiger partial charge in [0.25, 0.3) is 0 Å². The van der Waals surface area contributed by atoms with Crippen molar-refractivity contribution in [2.75, 3.05) is 0 Å². The molecule has 1 aromatic carbocycles. The second kappa shape index (κ2) is 5.12. The third kappa shape index (κ3) is 2.81. The summed E-state index contributed by atoms with van der Waals surface area (Å²) >= 11 is 0. The Labute approximate surface area is 98.9 Å². The van der Waals surface area contributed by atoms with E-state index in [2.05, 4.69) is 17.1 Å². The van der Waals surface area contributed by atoms with Gasteiger partial charge in [0.15, 0.2) is 5.76 Å². The number of rotatable bonds is 4. The zero-order chi connectivity index (χ0) is 12.1. The van der Waals surface area contributed by atoms with Gasteiger partial charge in [-0.25, -0.2) is 0 Å². The molecule has 0 spiro atoms. The van der Waals surface area contributed by atoms with Crippen molar-refractivity contribution in [3.63, 3.8) is 0 Å². The van der Waals surface area contributed by atoms with Gasteiger partial charge in [-0.2, -0.15) is 0 Å². The maximum Gasteiger partial charge on any atom is 0.243 e. The summed E-state index contributed by atoms with van der Waals surface area (Å²) in [7, 11) is 0. The van der Waals surface area contributed by atoms with Gasteiger partial charge in [0.05, 0.1) is 6.54 Å². The summed E-state index contributed by atoms with van der Waals surface area (Å²) in [5.41, 5.74) is 1.64. The lowest BCUT2D eigenvalue weighted by atomic mass is 10.2. The minimum absolute atomic E-state index is 0.228. The average Bonchev–Trinajstić information content (AvgIpc) is 2.86. The van der Waals surface area contributed by atoms with Crippen molar-refractivity contribution in [1.29, 1.82) is 0 Å². The summed E-state index contributed by atoms with van der Waals surface area (Å²) in [5.74, 6) is 0.461. The van der Waals surface area contributed by atoms with Gasteiger partial charge >= 0.3 is 0 Å². The predicted molar refractivity (Wildman–Crippen MR) is 64.0 cm³/mol. The van der Waals surface area contributed by atoms with Gasteiger partial charge in [-0.15, -0.1) is 0 Å². The zero-order valence-corrected chi connectivity index (χ0v) is 9.22. The normalized spacial score (nSPS) is 9.88. The van der Waals surface area contributed by atoms with Crippen LogP contribution in [0, 0.1) is 0 Å². The molecular formula is C13H12N2O2. The summed E-state index contributed by atoms with van der Waals surface area (Å²) in [5, 5.41) is 6.51. The van der Waals surface area contributed by atoms with Crippen molar-refractivity contribution >= 4 is 5.91 Å². The summed E-state index contributed by atoms with van der Waals surface area (Å²) < 4.78 is 5.19. The van der Waals surface area contributed by atoms with Crippen molar-refractivity contribution in [3.05, 3.63) is 54.7 Å². The van der Waals surface area contributed by atoms with E-state index in [1.807, 2.05) is 30.3 Å². The highest BCUT2D eigenvalue weighted by atomic mass is 16.5. The van der Waals surface area contributed by atoms with Crippen LogP contribution in [0.2, 0.25) is 0 Å². The van der Waals surface area contributed by atoms with Gasteiger partial charge in [0, 0.05) is 11.6 Å². The van der Waals surface area contributed by atoms with Crippen LogP contribution in [-0.4, -0.2) is 11.1 Å². The summed E-state index contributed by atoms with van der Waals surface area (Å²) in [6.45, 7) is 3.70. The molecule has 4 nitrogen and oxygen atoms in total. The maximum absolute atomic E-state index is 11.0. The average molecular weight is 228 g/mol. The smallest absolute Gasteiger partial charge is 0.243 e. The van der Waals surface area contributed by atoms with E-state index in [1.54, 1.807) is 6.07 Å². The Hall–Kier alpha value is -2.36. The largest absolute Gasteiger partial charge is 0.356 e. The Kier molecular flexibility index (Phi) is 3.35. The zero-order valence-electron chi connectivity index (χ0n) is 9.22. The van der Waals surface area contributed by atoms with E-state index < -0.39 is 0 Å². The van der Waals surface area contributed by atoms with Crippen LogP contribution in [0.4, 0.5) is 0 Å². The molecule has 1 heterocycles. The van der Waals surface area contributed by atoms with Gasteiger partial charge in [0.2, 0.25) is 5.91 Å². The third-order valence-corrected chi connectivity index (χ3v) is 2.25. The number of nitrogens with one attached hydrogen (secondary N) is 1.